The molecule has 1 aliphatic heterocycles. The number of nitrogens with zero attached hydrogens (tertiary/aromatic N) is 2. The van der Waals surface area contributed by atoms with Crippen molar-refractivity contribution in [3.05, 3.63) is 0 Å². The summed E-state index contributed by atoms with van der Waals surface area (Å²) in [6.07, 6.45) is 6.03. The van der Waals surface area contributed by atoms with Crippen molar-refractivity contribution in [2.24, 2.45) is 4.99 Å². The van der Waals surface area contributed by atoms with Gasteiger partial charge in [0.15, 0.2) is 0 Å². The topological polar surface area (TPSA) is 73.8 Å². The van der Waals surface area contributed by atoms with Gasteiger partial charge >= 0.3 is 0 Å². The Balaban J connectivity index is 2.24. The molecule has 0 aromatic carbocycles. The summed E-state index contributed by atoms with van der Waals surface area (Å²) in [5, 5.41) is 2.95. The first kappa shape index (κ1) is 14.2. The molecule has 7 heteroatoms. The molecule has 1 rings (SSSR count). The lowest BCUT2D eigenvalue weighted by molar-refractivity contribution is 0.257. The van der Waals surface area contributed by atoms with Crippen LogP contribution in [0.1, 0.15) is 32.6 Å². The smallest absolute Gasteiger partial charge is 0.232 e. The first-order valence-corrected chi connectivity index (χ1v) is 7.89. The molecule has 6 nitrogen and oxygen atoms in total. The Morgan fingerprint density at radius 1 is 1.41 bits per heavy atom. The predicted molar refractivity (Wildman–Crippen MR) is 69.1 cm³/mol. The van der Waals surface area contributed by atoms with E-state index in [2.05, 4.69) is 26.9 Å². The highest BCUT2D eigenvalue weighted by atomic mass is 32.2. The van der Waals surface area contributed by atoms with E-state index in [0.29, 0.717) is 19.3 Å². The Morgan fingerprint density at radius 3 is 2.71 bits per heavy atom. The van der Waals surface area contributed by atoms with Gasteiger partial charge in [-0.15, -0.1) is 0 Å². The summed E-state index contributed by atoms with van der Waals surface area (Å²) in [5.74, 6) is 0.345. The number of guanidine groups is 1. The second-order valence-electron chi connectivity index (χ2n) is 4.31. The zero-order valence-electron chi connectivity index (χ0n) is 10.6. The quantitative estimate of drug-likeness (QED) is 0.675. The molecule has 0 atom stereocenters. The van der Waals surface area contributed by atoms with E-state index in [1.54, 1.807) is 0 Å². The zero-order chi connectivity index (χ0) is 12.7. The fourth-order valence-corrected chi connectivity index (χ4v) is 2.11. The van der Waals surface area contributed by atoms with Crippen LogP contribution in [0.3, 0.4) is 0 Å². The molecule has 0 spiro atoms. The van der Waals surface area contributed by atoms with Crippen molar-refractivity contribution in [3.63, 3.8) is 0 Å². The molecular formula is C10H22N4O2S. The summed E-state index contributed by atoms with van der Waals surface area (Å²) in [6.45, 7) is 4.39. The van der Waals surface area contributed by atoms with E-state index in [0.717, 1.165) is 12.8 Å². The highest BCUT2D eigenvalue weighted by molar-refractivity contribution is 7.89. The molecule has 0 bridgehead atoms. The van der Waals surface area contributed by atoms with Crippen molar-refractivity contribution < 1.29 is 8.42 Å². The Kier molecular flexibility index (Phi) is 5.70. The van der Waals surface area contributed by atoms with Crippen molar-refractivity contribution in [3.8, 4) is 0 Å². The maximum atomic E-state index is 11.0. The van der Waals surface area contributed by atoms with Gasteiger partial charge in [0.2, 0.25) is 16.0 Å². The van der Waals surface area contributed by atoms with E-state index < -0.39 is 10.0 Å². The average Bonchev–Trinajstić information content (AvgIpc) is 2.25. The maximum Gasteiger partial charge on any atom is 0.232 e. The van der Waals surface area contributed by atoms with E-state index in [1.165, 1.54) is 25.7 Å². The summed E-state index contributed by atoms with van der Waals surface area (Å²) in [5.41, 5.74) is 0. The van der Waals surface area contributed by atoms with Crippen LogP contribution in [0, 0.1) is 0 Å². The normalized spacial score (nSPS) is 17.4. The van der Waals surface area contributed by atoms with Crippen LogP contribution in [-0.4, -0.2) is 45.4 Å². The van der Waals surface area contributed by atoms with Gasteiger partial charge in [-0.05, 0) is 6.42 Å². The van der Waals surface area contributed by atoms with E-state index in [9.17, 15) is 8.42 Å². The lowest BCUT2D eigenvalue weighted by atomic mass is 10.2. The molecule has 2 N–H and O–H groups in total. The third-order valence-electron chi connectivity index (χ3n) is 2.51. The summed E-state index contributed by atoms with van der Waals surface area (Å²) in [4.78, 5) is 6.29. The second-order valence-corrected chi connectivity index (χ2v) is 6.06. The molecule has 0 radical (unpaired) electrons. The van der Waals surface area contributed by atoms with Gasteiger partial charge in [0.1, 0.15) is 0 Å². The van der Waals surface area contributed by atoms with Crippen LogP contribution in [0.2, 0.25) is 0 Å². The first-order chi connectivity index (χ1) is 8.01. The maximum absolute atomic E-state index is 11.0. The van der Waals surface area contributed by atoms with Gasteiger partial charge < -0.3 is 5.32 Å². The van der Waals surface area contributed by atoms with Crippen LogP contribution >= 0.6 is 0 Å². The lowest BCUT2D eigenvalue weighted by Gasteiger charge is -2.26. The van der Waals surface area contributed by atoms with Gasteiger partial charge in [0.05, 0.1) is 19.6 Å². The second kappa shape index (κ2) is 6.80. The van der Waals surface area contributed by atoms with E-state index >= 15 is 0 Å². The molecule has 0 amide bonds. The molecular weight excluding hydrogens is 240 g/mol. The predicted octanol–water partition coefficient (Wildman–Crippen LogP) is 0.292. The zero-order valence-corrected chi connectivity index (χ0v) is 11.4. The number of rotatable bonds is 6. The van der Waals surface area contributed by atoms with Gasteiger partial charge in [-0.3, -0.25) is 9.62 Å². The fraction of sp³-hybridized carbons (Fsp3) is 0.900. The van der Waals surface area contributed by atoms with Gasteiger partial charge in [-0.2, -0.15) is 0 Å². The molecule has 0 aromatic rings. The minimum absolute atomic E-state index is 0.345. The Labute approximate surface area is 104 Å². The summed E-state index contributed by atoms with van der Waals surface area (Å²) < 4.78 is 24.3. The van der Waals surface area contributed by atoms with E-state index in [4.69, 9.17) is 0 Å². The number of unbranched alkanes of at least 4 members (excludes halogenated alkanes) is 3. The van der Waals surface area contributed by atoms with Crippen LogP contribution in [0.4, 0.5) is 0 Å². The monoisotopic (exact) mass is 262 g/mol. The number of hydrogen-bond donors (Lipinski definition) is 2. The lowest BCUT2D eigenvalue weighted by Crippen LogP contribution is -2.50. The Hall–Kier alpha value is -0.820. The number of sulfonamides is 1. The fourth-order valence-electron chi connectivity index (χ4n) is 1.62. The molecule has 0 saturated heterocycles. The minimum Gasteiger partial charge on any atom is -0.343 e. The average molecular weight is 262 g/mol. The van der Waals surface area contributed by atoms with Crippen LogP contribution in [0.25, 0.3) is 0 Å². The van der Waals surface area contributed by atoms with Gasteiger partial charge in [0, 0.05) is 6.54 Å². The largest absolute Gasteiger partial charge is 0.343 e. The van der Waals surface area contributed by atoms with Crippen LogP contribution in [-0.2, 0) is 10.0 Å². The van der Waals surface area contributed by atoms with Gasteiger partial charge in [-0.25, -0.2) is 13.4 Å². The van der Waals surface area contributed by atoms with Gasteiger partial charge in [0.25, 0.3) is 0 Å². The van der Waals surface area contributed by atoms with E-state index in [1.807, 2.05) is 0 Å². The van der Waals surface area contributed by atoms with Crippen LogP contribution in [0.5, 0.6) is 0 Å². The minimum atomic E-state index is -3.23. The molecule has 0 unspecified atom stereocenters. The van der Waals surface area contributed by atoms with Crippen molar-refractivity contribution >= 4 is 16.0 Å². The highest BCUT2D eigenvalue weighted by Gasteiger charge is 2.13. The van der Waals surface area contributed by atoms with Gasteiger partial charge in [-0.1, -0.05) is 26.2 Å². The molecule has 0 aromatic heterocycles. The molecule has 100 valence electrons. The third kappa shape index (κ3) is 6.48. The van der Waals surface area contributed by atoms with Crippen LogP contribution in [0.15, 0.2) is 4.99 Å². The highest BCUT2D eigenvalue weighted by Crippen LogP contribution is 2.02. The Morgan fingerprint density at radius 2 is 2.18 bits per heavy atom. The van der Waals surface area contributed by atoms with Crippen LogP contribution < -0.4 is 10.0 Å². The molecule has 1 heterocycles. The Bertz CT molecular complexity index is 353. The SMILES string of the molecule is CCCCCCN1CN=C(NS(C)(=O)=O)NC1. The summed E-state index contributed by atoms with van der Waals surface area (Å²) in [7, 11) is -3.23. The third-order valence-corrected chi connectivity index (χ3v) is 3.07. The molecule has 0 aliphatic carbocycles. The molecule has 17 heavy (non-hydrogen) atoms. The molecule has 0 fully saturated rings. The number of nitrogens with one attached hydrogen (secondary N) is 2. The van der Waals surface area contributed by atoms with Crippen molar-refractivity contribution in [1.82, 2.24) is 14.9 Å². The summed E-state index contributed by atoms with van der Waals surface area (Å²) >= 11 is 0. The molecule has 1 aliphatic rings. The summed E-state index contributed by atoms with van der Waals surface area (Å²) in [6, 6.07) is 0. The van der Waals surface area contributed by atoms with Crippen molar-refractivity contribution in [1.29, 1.82) is 0 Å². The molecule has 0 saturated carbocycles. The number of hydrogen-bond acceptors (Lipinski definition) is 5. The van der Waals surface area contributed by atoms with E-state index in [-0.39, 0.29) is 0 Å². The van der Waals surface area contributed by atoms with Crippen molar-refractivity contribution in [2.45, 2.75) is 32.6 Å². The first-order valence-electron chi connectivity index (χ1n) is 5.99. The number of aliphatic imine (C=N–C) groups is 1. The van der Waals surface area contributed by atoms with Crippen molar-refractivity contribution in [2.75, 3.05) is 26.1 Å². The standard InChI is InChI=1S/C10H22N4O2S/c1-3-4-5-6-7-14-8-11-10(12-9-14)13-17(2,15)16/h3-9H2,1-2H3,(H2,11,12,13).